The van der Waals surface area contributed by atoms with Crippen LogP contribution in [0.4, 0.5) is 0 Å². The van der Waals surface area contributed by atoms with E-state index in [1.54, 1.807) is 4.90 Å². The topological polar surface area (TPSA) is 62.0 Å². The van der Waals surface area contributed by atoms with Crippen molar-refractivity contribution in [3.05, 3.63) is 36.0 Å². The van der Waals surface area contributed by atoms with Crippen LogP contribution in [0.1, 0.15) is 43.1 Å². The van der Waals surface area contributed by atoms with Gasteiger partial charge in [0.1, 0.15) is 11.2 Å². The highest BCUT2D eigenvalue weighted by molar-refractivity contribution is 6.03. The monoisotopic (exact) mass is 438 g/mol. The second-order valence-corrected chi connectivity index (χ2v) is 10.2. The number of amides is 2. The van der Waals surface area contributed by atoms with Crippen LogP contribution in [0.15, 0.2) is 30.3 Å². The number of carbonyl (C=O) groups excluding carboxylic acids is 2. The molecule has 2 aliphatic heterocycles. The van der Waals surface area contributed by atoms with Crippen LogP contribution in [-0.2, 0) is 11.3 Å². The minimum Gasteiger partial charge on any atom is -0.351 e. The van der Waals surface area contributed by atoms with Gasteiger partial charge in [0.25, 0.3) is 5.91 Å². The zero-order valence-electron chi connectivity index (χ0n) is 19.4. The van der Waals surface area contributed by atoms with Crippen LogP contribution < -0.4 is 10.2 Å². The number of nitrogens with zero attached hydrogens (tertiary/aromatic N) is 3. The van der Waals surface area contributed by atoms with Crippen molar-refractivity contribution in [3.8, 4) is 0 Å². The maximum atomic E-state index is 13.8. The molecule has 7 heteroatoms. The molecule has 1 saturated heterocycles. The molecule has 1 aliphatic carbocycles. The molecule has 0 spiro atoms. The molecule has 7 nitrogen and oxygen atoms in total. The summed E-state index contributed by atoms with van der Waals surface area (Å²) in [6.07, 6.45) is 4.42. The van der Waals surface area contributed by atoms with Crippen LogP contribution in [0.3, 0.4) is 0 Å². The maximum absolute atomic E-state index is 13.8. The number of carbonyl (C=O) groups is 2. The van der Waals surface area contributed by atoms with E-state index in [1.807, 2.05) is 42.2 Å². The Labute approximate surface area is 190 Å². The van der Waals surface area contributed by atoms with Crippen molar-refractivity contribution in [2.75, 3.05) is 46.3 Å². The zero-order chi connectivity index (χ0) is 22.3. The summed E-state index contributed by atoms with van der Waals surface area (Å²) in [5.74, 6) is -0.0414. The second kappa shape index (κ2) is 8.52. The summed E-state index contributed by atoms with van der Waals surface area (Å²) < 4.78 is 2.06. The molecule has 1 aromatic heterocycles. The number of quaternary nitrogens is 1. The van der Waals surface area contributed by atoms with Gasteiger partial charge in [-0.1, -0.05) is 31.0 Å². The molecular weight excluding hydrogens is 402 g/mol. The van der Waals surface area contributed by atoms with Crippen molar-refractivity contribution in [1.29, 1.82) is 0 Å². The maximum Gasteiger partial charge on any atom is 0.271 e. The van der Waals surface area contributed by atoms with Crippen LogP contribution in [-0.4, -0.2) is 84.1 Å². The van der Waals surface area contributed by atoms with E-state index in [0.717, 1.165) is 56.5 Å². The molecule has 1 aromatic carbocycles. The van der Waals surface area contributed by atoms with E-state index in [-0.39, 0.29) is 17.9 Å². The molecule has 2 aromatic rings. The molecule has 0 radical (unpaired) electrons. The van der Waals surface area contributed by atoms with Crippen LogP contribution in [0.5, 0.6) is 0 Å². The third kappa shape index (κ3) is 3.82. The van der Waals surface area contributed by atoms with Gasteiger partial charge in [0, 0.05) is 43.1 Å². The number of fused-ring (bicyclic) bond motifs is 3. The normalized spacial score (nSPS) is 25.4. The molecule has 3 aliphatic rings. The Kier molecular flexibility index (Phi) is 5.72. The molecule has 5 rings (SSSR count). The minimum atomic E-state index is -0.897. The number of para-hydroxylation sites is 1. The Morgan fingerprint density at radius 3 is 2.62 bits per heavy atom. The van der Waals surface area contributed by atoms with Crippen molar-refractivity contribution in [3.63, 3.8) is 0 Å². The standard InChI is InChI=1S/C25H35N5O2/c1-25(24(32)26-20-8-4-5-9-20)18-29-21-10-6-3-7-19(21)17-22(29)23(31)30(25)16-15-28-13-11-27(2)12-14-28/h3,6-7,10,17,20H,4-5,8-9,11-16,18H2,1-2H3,(H,26,32)/p+1/t25-/m1/s1. The van der Waals surface area contributed by atoms with Gasteiger partial charge in [-0.3, -0.25) is 14.5 Å². The van der Waals surface area contributed by atoms with E-state index in [0.29, 0.717) is 18.8 Å². The lowest BCUT2D eigenvalue weighted by Crippen LogP contribution is -3.12. The fraction of sp³-hybridized carbons (Fsp3) is 0.600. The summed E-state index contributed by atoms with van der Waals surface area (Å²) in [5, 5.41) is 4.35. The predicted octanol–water partition coefficient (Wildman–Crippen LogP) is 0.745. The van der Waals surface area contributed by atoms with Crippen molar-refractivity contribution in [2.45, 2.75) is 50.7 Å². The van der Waals surface area contributed by atoms with E-state index in [1.165, 1.54) is 12.8 Å². The first-order valence-electron chi connectivity index (χ1n) is 12.2. The summed E-state index contributed by atoms with van der Waals surface area (Å²) in [7, 11) is 2.23. The number of hydrogen-bond acceptors (Lipinski definition) is 3. The second-order valence-electron chi connectivity index (χ2n) is 10.2. The van der Waals surface area contributed by atoms with Crippen molar-refractivity contribution < 1.29 is 14.5 Å². The number of piperazine rings is 1. The average Bonchev–Trinajstić information content (AvgIpc) is 3.43. The summed E-state index contributed by atoms with van der Waals surface area (Å²) in [5.41, 5.74) is 0.823. The SMILES string of the molecule is C[NH+]1CCN(CCN2C(=O)c3cc4ccccc4n3C[C@]2(C)C(=O)NC2CCCC2)CC1. The molecule has 2 N–H and O–H groups in total. The Balaban J connectivity index is 1.44. The largest absolute Gasteiger partial charge is 0.351 e. The molecule has 0 bridgehead atoms. The Morgan fingerprint density at radius 2 is 1.88 bits per heavy atom. The minimum absolute atomic E-state index is 0.0102. The number of likely N-dealkylation sites (N-methyl/N-ethyl adjacent to an activating group) is 1. The van der Waals surface area contributed by atoms with E-state index in [2.05, 4.69) is 21.8 Å². The molecule has 2 amide bonds. The van der Waals surface area contributed by atoms with Gasteiger partial charge in [0.15, 0.2) is 0 Å². The Hall–Kier alpha value is -2.38. The highest BCUT2D eigenvalue weighted by Gasteiger charge is 2.48. The lowest BCUT2D eigenvalue weighted by molar-refractivity contribution is -0.884. The van der Waals surface area contributed by atoms with E-state index < -0.39 is 5.54 Å². The van der Waals surface area contributed by atoms with Gasteiger partial charge in [-0.15, -0.1) is 0 Å². The van der Waals surface area contributed by atoms with Crippen LogP contribution >= 0.6 is 0 Å². The molecule has 1 atom stereocenters. The van der Waals surface area contributed by atoms with Crippen molar-refractivity contribution in [2.24, 2.45) is 0 Å². The van der Waals surface area contributed by atoms with Gasteiger partial charge in [0.05, 0.1) is 26.7 Å². The van der Waals surface area contributed by atoms with E-state index in [4.69, 9.17) is 0 Å². The Morgan fingerprint density at radius 1 is 1.16 bits per heavy atom. The predicted molar refractivity (Wildman–Crippen MR) is 125 cm³/mol. The fourth-order valence-electron chi connectivity index (χ4n) is 5.67. The number of nitrogens with one attached hydrogen (secondary N) is 2. The first-order valence-corrected chi connectivity index (χ1v) is 12.2. The molecule has 3 heterocycles. The number of hydrogen-bond donors (Lipinski definition) is 2. The lowest BCUT2D eigenvalue weighted by Gasteiger charge is -2.45. The van der Waals surface area contributed by atoms with Crippen molar-refractivity contribution >= 4 is 22.7 Å². The fourth-order valence-corrected chi connectivity index (χ4v) is 5.67. The number of benzene rings is 1. The van der Waals surface area contributed by atoms with Gasteiger partial charge >= 0.3 is 0 Å². The molecule has 1 saturated carbocycles. The Bertz CT molecular complexity index is 1000. The van der Waals surface area contributed by atoms with Gasteiger partial charge < -0.3 is 19.7 Å². The van der Waals surface area contributed by atoms with Crippen LogP contribution in [0, 0.1) is 0 Å². The zero-order valence-corrected chi connectivity index (χ0v) is 19.4. The number of rotatable bonds is 5. The molecule has 0 unspecified atom stereocenters. The molecular formula is C25H36N5O2+. The van der Waals surface area contributed by atoms with E-state index in [9.17, 15) is 9.59 Å². The van der Waals surface area contributed by atoms with E-state index >= 15 is 0 Å². The number of aromatic nitrogens is 1. The summed E-state index contributed by atoms with van der Waals surface area (Å²) >= 11 is 0. The van der Waals surface area contributed by atoms with Crippen molar-refractivity contribution in [1.82, 2.24) is 19.7 Å². The van der Waals surface area contributed by atoms with Gasteiger partial charge in [-0.05, 0) is 31.9 Å². The molecule has 2 fully saturated rings. The third-order valence-corrected chi connectivity index (χ3v) is 7.87. The highest BCUT2D eigenvalue weighted by atomic mass is 16.2. The van der Waals surface area contributed by atoms with Crippen LogP contribution in [0.25, 0.3) is 10.9 Å². The molecule has 172 valence electrons. The van der Waals surface area contributed by atoms with Gasteiger partial charge in [-0.25, -0.2) is 0 Å². The summed E-state index contributed by atoms with van der Waals surface area (Å²) in [6, 6.07) is 10.3. The summed E-state index contributed by atoms with van der Waals surface area (Å²) in [4.78, 5) is 33.3. The highest BCUT2D eigenvalue weighted by Crippen LogP contribution is 2.32. The lowest BCUT2D eigenvalue weighted by atomic mass is 9.94. The van der Waals surface area contributed by atoms with Crippen LogP contribution in [0.2, 0.25) is 0 Å². The average molecular weight is 439 g/mol. The molecule has 32 heavy (non-hydrogen) atoms. The first kappa shape index (κ1) is 21.5. The third-order valence-electron chi connectivity index (χ3n) is 7.87. The van der Waals surface area contributed by atoms with Gasteiger partial charge in [0.2, 0.25) is 5.91 Å². The smallest absolute Gasteiger partial charge is 0.271 e. The van der Waals surface area contributed by atoms with Gasteiger partial charge in [-0.2, -0.15) is 0 Å². The summed E-state index contributed by atoms with van der Waals surface area (Å²) in [6.45, 7) is 8.18. The first-order chi connectivity index (χ1) is 15.5. The quantitative estimate of drug-likeness (QED) is 0.724.